The zero-order valence-corrected chi connectivity index (χ0v) is 16.5. The van der Waals surface area contributed by atoms with E-state index >= 15 is 0 Å². The van der Waals surface area contributed by atoms with Gasteiger partial charge in [-0.3, -0.25) is 14.3 Å². The molecule has 0 aromatic carbocycles. The van der Waals surface area contributed by atoms with E-state index in [2.05, 4.69) is 4.98 Å². The number of aromatic nitrogens is 2. The van der Waals surface area contributed by atoms with Crippen LogP contribution in [0.25, 0.3) is 12.2 Å². The number of nitrogens with zero attached hydrogens (tertiary/aromatic N) is 1. The first-order chi connectivity index (χ1) is 13.9. The van der Waals surface area contributed by atoms with E-state index in [1.54, 1.807) is 30.4 Å². The number of hydrogen-bond acceptors (Lipinski definition) is 7. The van der Waals surface area contributed by atoms with Crippen molar-refractivity contribution >= 4 is 12.2 Å². The normalized spacial score (nSPS) is 34.0. The van der Waals surface area contributed by atoms with E-state index in [1.807, 2.05) is 19.9 Å². The van der Waals surface area contributed by atoms with Crippen LogP contribution in [0.4, 0.5) is 0 Å². The van der Waals surface area contributed by atoms with E-state index in [-0.39, 0.29) is 13.4 Å². The van der Waals surface area contributed by atoms with Gasteiger partial charge in [0.15, 0.2) is 12.0 Å². The molecule has 3 heterocycles. The van der Waals surface area contributed by atoms with Crippen LogP contribution in [0.1, 0.15) is 20.1 Å². The fourth-order valence-electron chi connectivity index (χ4n) is 3.84. The Kier molecular flexibility index (Phi) is 5.41. The van der Waals surface area contributed by atoms with Gasteiger partial charge in [0.25, 0.3) is 5.56 Å². The molecular formula is C20H24N2O7. The Bertz CT molecular complexity index is 1070. The number of hydrogen-bond donors (Lipinski definition) is 1. The minimum atomic E-state index is -0.838. The molecule has 2 aliphatic heterocycles. The van der Waals surface area contributed by atoms with Gasteiger partial charge in [-0.25, -0.2) is 4.79 Å². The van der Waals surface area contributed by atoms with E-state index in [0.29, 0.717) is 10.6 Å². The quantitative estimate of drug-likeness (QED) is 0.510. The largest absolute Gasteiger partial charge is 0.359 e. The molecule has 1 aromatic rings. The maximum atomic E-state index is 12.8. The summed E-state index contributed by atoms with van der Waals surface area (Å²) in [6, 6.07) is 0. The van der Waals surface area contributed by atoms with Crippen LogP contribution in [0.2, 0.25) is 0 Å². The van der Waals surface area contributed by atoms with Crippen molar-refractivity contribution in [3.8, 4) is 0 Å². The van der Waals surface area contributed by atoms with E-state index in [0.717, 1.165) is 0 Å². The van der Waals surface area contributed by atoms with Crippen LogP contribution in [0.5, 0.6) is 0 Å². The molecule has 156 valence electrons. The molecule has 0 saturated carbocycles. The molecule has 9 heteroatoms. The second-order valence-electron chi connectivity index (χ2n) is 7.44. The molecule has 0 unspecified atom stereocenters. The number of rotatable bonds is 5. The van der Waals surface area contributed by atoms with Gasteiger partial charge in [-0.2, -0.15) is 0 Å². The van der Waals surface area contributed by atoms with E-state index in [1.165, 1.54) is 11.7 Å². The first kappa shape index (κ1) is 20.0. The molecule has 9 nitrogen and oxygen atoms in total. The average molecular weight is 404 g/mol. The lowest BCUT2D eigenvalue weighted by molar-refractivity contribution is -0.205. The molecule has 4 atom stereocenters. The summed E-state index contributed by atoms with van der Waals surface area (Å²) in [5.74, 6) is -0.838. The predicted octanol–water partition coefficient (Wildman–Crippen LogP) is -0.738. The van der Waals surface area contributed by atoms with Crippen LogP contribution in [0, 0.1) is 0 Å². The Labute approximate surface area is 166 Å². The summed E-state index contributed by atoms with van der Waals surface area (Å²) in [5.41, 5.74) is -1.04. The van der Waals surface area contributed by atoms with Crippen molar-refractivity contribution in [2.24, 2.45) is 0 Å². The van der Waals surface area contributed by atoms with E-state index in [4.69, 9.17) is 23.7 Å². The number of allylic oxidation sites excluding steroid dienone is 4. The minimum absolute atomic E-state index is 0.111. The Morgan fingerprint density at radius 2 is 1.83 bits per heavy atom. The molecule has 1 aromatic heterocycles. The lowest BCUT2D eigenvalue weighted by Crippen LogP contribution is -2.56. The SMILES string of the molecule is COCOC[C@H]1O[C@@H](n2c(=O)[nH]c(=O)c3/c2=C\C=C/C=C\C=3)[C@@H]2OC(C)(C)O[C@@H]21. The maximum Gasteiger partial charge on any atom is 0.331 e. The van der Waals surface area contributed by atoms with Crippen molar-refractivity contribution in [1.82, 2.24) is 9.55 Å². The third-order valence-corrected chi connectivity index (χ3v) is 4.93. The fraction of sp³-hybridized carbons (Fsp3) is 0.500. The van der Waals surface area contributed by atoms with Gasteiger partial charge >= 0.3 is 5.69 Å². The van der Waals surface area contributed by atoms with Crippen molar-refractivity contribution in [1.29, 1.82) is 0 Å². The zero-order chi connectivity index (χ0) is 20.6. The van der Waals surface area contributed by atoms with E-state index < -0.39 is 41.6 Å². The smallest absolute Gasteiger partial charge is 0.331 e. The summed E-state index contributed by atoms with van der Waals surface area (Å²) >= 11 is 0. The minimum Gasteiger partial charge on any atom is -0.359 e. The molecule has 29 heavy (non-hydrogen) atoms. The van der Waals surface area contributed by atoms with Crippen LogP contribution in [0.3, 0.4) is 0 Å². The zero-order valence-electron chi connectivity index (χ0n) is 16.5. The fourth-order valence-corrected chi connectivity index (χ4v) is 3.84. The number of ether oxygens (including phenoxy) is 5. The first-order valence-corrected chi connectivity index (χ1v) is 9.39. The summed E-state index contributed by atoms with van der Waals surface area (Å²) in [7, 11) is 1.53. The molecule has 0 amide bonds. The van der Waals surface area contributed by atoms with Gasteiger partial charge in [0.2, 0.25) is 0 Å². The number of fused-ring (bicyclic) bond motifs is 2. The molecule has 1 N–H and O–H groups in total. The molecule has 2 saturated heterocycles. The summed E-state index contributed by atoms with van der Waals surface area (Å²) in [5, 5.41) is 0.803. The molecule has 0 spiro atoms. The van der Waals surface area contributed by atoms with Gasteiger partial charge < -0.3 is 23.7 Å². The van der Waals surface area contributed by atoms with Crippen LogP contribution < -0.4 is 21.8 Å². The second kappa shape index (κ2) is 7.85. The molecule has 0 bridgehead atoms. The van der Waals surface area contributed by atoms with Crippen LogP contribution in [0.15, 0.2) is 33.9 Å². The first-order valence-electron chi connectivity index (χ1n) is 9.39. The summed E-state index contributed by atoms with van der Waals surface area (Å²) in [6.07, 6.45) is 8.24. The predicted molar refractivity (Wildman–Crippen MR) is 103 cm³/mol. The highest BCUT2D eigenvalue weighted by Crippen LogP contribution is 2.42. The molecule has 3 aliphatic rings. The Balaban J connectivity index is 1.82. The van der Waals surface area contributed by atoms with Gasteiger partial charge in [-0.05, 0) is 26.0 Å². The van der Waals surface area contributed by atoms with Gasteiger partial charge in [0.05, 0.1) is 17.2 Å². The van der Waals surface area contributed by atoms with Crippen molar-refractivity contribution in [3.63, 3.8) is 0 Å². The highest BCUT2D eigenvalue weighted by Gasteiger charge is 2.56. The van der Waals surface area contributed by atoms with Crippen molar-refractivity contribution < 1.29 is 23.7 Å². The van der Waals surface area contributed by atoms with Gasteiger partial charge in [0, 0.05) is 7.11 Å². The molecule has 4 rings (SSSR count). The van der Waals surface area contributed by atoms with Gasteiger partial charge in [0.1, 0.15) is 25.1 Å². The Hall–Kier alpha value is -2.30. The highest BCUT2D eigenvalue weighted by atomic mass is 16.8. The lowest BCUT2D eigenvalue weighted by Gasteiger charge is -2.25. The average Bonchev–Trinajstić information content (AvgIpc) is 3.10. The van der Waals surface area contributed by atoms with Crippen LogP contribution >= 0.6 is 0 Å². The summed E-state index contributed by atoms with van der Waals surface area (Å²) in [4.78, 5) is 27.6. The molecule has 2 fully saturated rings. The number of H-pyrrole nitrogens is 1. The van der Waals surface area contributed by atoms with Crippen LogP contribution in [-0.2, 0) is 23.7 Å². The third kappa shape index (κ3) is 3.79. The third-order valence-electron chi connectivity index (χ3n) is 4.93. The van der Waals surface area contributed by atoms with Crippen molar-refractivity contribution in [2.75, 3.05) is 20.5 Å². The highest BCUT2D eigenvalue weighted by molar-refractivity contribution is 5.46. The van der Waals surface area contributed by atoms with Gasteiger partial charge in [-0.1, -0.05) is 24.3 Å². The molecule has 0 radical (unpaired) electrons. The summed E-state index contributed by atoms with van der Waals surface area (Å²) in [6.45, 7) is 3.94. The number of nitrogens with one attached hydrogen (secondary N) is 1. The second-order valence-corrected chi connectivity index (χ2v) is 7.44. The van der Waals surface area contributed by atoms with Crippen molar-refractivity contribution in [2.45, 2.75) is 44.2 Å². The molecule has 1 aliphatic carbocycles. The Morgan fingerprint density at radius 1 is 1.10 bits per heavy atom. The maximum absolute atomic E-state index is 12.8. The monoisotopic (exact) mass is 404 g/mol. The standard InChI is InChI=1S/C20H24N2O7/c1-20(2)28-15-14(10-26-11-25-3)27-18(16(15)29-20)22-13-9-7-5-4-6-8-12(13)17(23)21-19(22)24/h4-9,14-16,18H,10-11H2,1-3H3,(H,21,23,24)/b5-4?,6-4-,7-5-,8-6?,9-7?,12-8+,13-9+/t14-,15-,16-,18-/m1/s1. The number of methoxy groups -OCH3 is 1. The molecular weight excluding hydrogens is 380 g/mol. The van der Waals surface area contributed by atoms with Crippen molar-refractivity contribution in [3.05, 3.63) is 55.7 Å². The summed E-state index contributed by atoms with van der Waals surface area (Å²) < 4.78 is 30.0. The lowest BCUT2D eigenvalue weighted by atomic mass is 10.1. The number of aromatic amines is 1. The van der Waals surface area contributed by atoms with Gasteiger partial charge in [-0.15, -0.1) is 0 Å². The van der Waals surface area contributed by atoms with E-state index in [9.17, 15) is 9.59 Å². The van der Waals surface area contributed by atoms with Crippen LogP contribution in [-0.4, -0.2) is 54.2 Å². The Morgan fingerprint density at radius 3 is 2.59 bits per heavy atom. The topological polar surface area (TPSA) is 101 Å².